The average Bonchev–Trinajstić information content (AvgIpc) is 2.84. The van der Waals surface area contributed by atoms with Crippen LogP contribution in [0.1, 0.15) is 25.3 Å². The van der Waals surface area contributed by atoms with Gasteiger partial charge in [0.05, 0.1) is 18.3 Å². The van der Waals surface area contributed by atoms with Crippen molar-refractivity contribution in [2.75, 3.05) is 0 Å². The molecule has 3 rings (SSSR count). The number of rotatable bonds is 3. The van der Waals surface area contributed by atoms with E-state index >= 15 is 0 Å². The topological polar surface area (TPSA) is 21.8 Å². The molecule has 1 heterocycles. The monoisotopic (exact) mass is 204 g/mol. The van der Waals surface area contributed by atoms with E-state index in [1.807, 2.05) is 18.2 Å². The number of epoxide rings is 1. The Morgan fingerprint density at radius 3 is 2.80 bits per heavy atom. The van der Waals surface area contributed by atoms with Gasteiger partial charge in [-0.05, 0) is 25.3 Å². The highest BCUT2D eigenvalue weighted by Crippen LogP contribution is 2.50. The van der Waals surface area contributed by atoms with E-state index in [2.05, 4.69) is 19.1 Å². The van der Waals surface area contributed by atoms with Crippen molar-refractivity contribution in [1.82, 2.24) is 0 Å². The van der Waals surface area contributed by atoms with E-state index in [1.165, 1.54) is 5.56 Å². The normalized spacial score (nSPS) is 37.7. The minimum atomic E-state index is 0.154. The highest BCUT2D eigenvalue weighted by molar-refractivity contribution is 5.14. The van der Waals surface area contributed by atoms with Crippen LogP contribution in [0.5, 0.6) is 0 Å². The standard InChI is InChI=1S/C13H16O2/c1-13-8-7-11(12(13)15-13)14-9-10-5-3-2-4-6-10/h2-6,11-12H,7-9H2,1H3/t11-,12+,13-/m0/s1. The SMILES string of the molecule is C[C@]12CC[C@H](OCc3ccccc3)[C@H]1O2. The Kier molecular flexibility index (Phi) is 2.08. The fourth-order valence-electron chi connectivity index (χ4n) is 2.45. The summed E-state index contributed by atoms with van der Waals surface area (Å²) in [7, 11) is 0. The fourth-order valence-corrected chi connectivity index (χ4v) is 2.45. The summed E-state index contributed by atoms with van der Waals surface area (Å²) < 4.78 is 11.5. The predicted octanol–water partition coefficient (Wildman–Crippen LogP) is 2.52. The zero-order valence-electron chi connectivity index (χ0n) is 8.98. The van der Waals surface area contributed by atoms with E-state index in [9.17, 15) is 0 Å². The van der Waals surface area contributed by atoms with Gasteiger partial charge < -0.3 is 9.47 Å². The minimum Gasteiger partial charge on any atom is -0.371 e. The molecule has 15 heavy (non-hydrogen) atoms. The summed E-state index contributed by atoms with van der Waals surface area (Å²) in [5, 5.41) is 0. The Balaban J connectivity index is 1.55. The summed E-state index contributed by atoms with van der Waals surface area (Å²) in [6, 6.07) is 10.3. The van der Waals surface area contributed by atoms with Crippen molar-refractivity contribution >= 4 is 0 Å². The Morgan fingerprint density at radius 2 is 2.20 bits per heavy atom. The number of benzene rings is 1. The quantitative estimate of drug-likeness (QED) is 0.706. The summed E-state index contributed by atoms with van der Waals surface area (Å²) in [4.78, 5) is 0. The van der Waals surface area contributed by atoms with Crippen LogP contribution in [0, 0.1) is 0 Å². The lowest BCUT2D eigenvalue weighted by Gasteiger charge is -2.11. The van der Waals surface area contributed by atoms with Gasteiger partial charge in [-0.25, -0.2) is 0 Å². The summed E-state index contributed by atoms with van der Waals surface area (Å²) in [6.45, 7) is 2.89. The second kappa shape index (κ2) is 3.32. The molecule has 0 aromatic heterocycles. The van der Waals surface area contributed by atoms with Crippen LogP contribution < -0.4 is 0 Å². The summed E-state index contributed by atoms with van der Waals surface area (Å²) in [5.74, 6) is 0. The number of hydrogen-bond acceptors (Lipinski definition) is 2. The van der Waals surface area contributed by atoms with Crippen LogP contribution in [0.3, 0.4) is 0 Å². The van der Waals surface area contributed by atoms with Crippen molar-refractivity contribution in [2.45, 2.75) is 44.2 Å². The number of hydrogen-bond donors (Lipinski definition) is 0. The highest BCUT2D eigenvalue weighted by Gasteiger charge is 2.61. The molecule has 2 nitrogen and oxygen atoms in total. The third kappa shape index (κ3) is 1.68. The van der Waals surface area contributed by atoms with Crippen molar-refractivity contribution in [3.05, 3.63) is 35.9 Å². The zero-order valence-corrected chi connectivity index (χ0v) is 8.98. The molecule has 80 valence electrons. The van der Waals surface area contributed by atoms with Gasteiger partial charge in [0, 0.05) is 0 Å². The van der Waals surface area contributed by atoms with Gasteiger partial charge in [0.1, 0.15) is 6.10 Å². The van der Waals surface area contributed by atoms with Crippen LogP contribution in [-0.2, 0) is 16.1 Å². The molecule has 2 fully saturated rings. The molecular formula is C13H16O2. The Labute approximate surface area is 90.2 Å². The molecule has 2 aliphatic rings. The van der Waals surface area contributed by atoms with Gasteiger partial charge in [-0.2, -0.15) is 0 Å². The summed E-state index contributed by atoms with van der Waals surface area (Å²) in [5.41, 5.74) is 1.40. The molecule has 1 aromatic carbocycles. The summed E-state index contributed by atoms with van der Waals surface area (Å²) >= 11 is 0. The van der Waals surface area contributed by atoms with Crippen LogP contribution in [0.25, 0.3) is 0 Å². The molecule has 1 aliphatic heterocycles. The second-order valence-electron chi connectivity index (χ2n) is 4.72. The van der Waals surface area contributed by atoms with E-state index in [0.29, 0.717) is 18.8 Å². The first kappa shape index (κ1) is 9.37. The maximum atomic E-state index is 5.88. The zero-order chi connectivity index (χ0) is 10.3. The van der Waals surface area contributed by atoms with E-state index in [-0.39, 0.29) is 5.60 Å². The van der Waals surface area contributed by atoms with E-state index < -0.39 is 0 Å². The third-order valence-electron chi connectivity index (χ3n) is 3.51. The lowest BCUT2D eigenvalue weighted by Crippen LogP contribution is -2.16. The van der Waals surface area contributed by atoms with E-state index in [1.54, 1.807) is 0 Å². The molecule has 1 saturated heterocycles. The molecule has 3 atom stereocenters. The molecule has 1 aliphatic carbocycles. The molecule has 2 heteroatoms. The highest BCUT2D eigenvalue weighted by atomic mass is 16.6. The van der Waals surface area contributed by atoms with Crippen LogP contribution in [0.2, 0.25) is 0 Å². The third-order valence-corrected chi connectivity index (χ3v) is 3.51. The minimum absolute atomic E-state index is 0.154. The number of ether oxygens (including phenoxy) is 2. The number of fused-ring (bicyclic) bond motifs is 1. The van der Waals surface area contributed by atoms with Gasteiger partial charge in [-0.3, -0.25) is 0 Å². The van der Waals surface area contributed by atoms with Crippen LogP contribution >= 0.6 is 0 Å². The molecule has 0 spiro atoms. The first-order chi connectivity index (χ1) is 7.28. The van der Waals surface area contributed by atoms with E-state index in [4.69, 9.17) is 9.47 Å². The van der Waals surface area contributed by atoms with Gasteiger partial charge in [-0.15, -0.1) is 0 Å². The molecule has 0 unspecified atom stereocenters. The van der Waals surface area contributed by atoms with Crippen LogP contribution in [-0.4, -0.2) is 17.8 Å². The van der Waals surface area contributed by atoms with E-state index in [0.717, 1.165) is 12.8 Å². The van der Waals surface area contributed by atoms with Crippen molar-refractivity contribution in [1.29, 1.82) is 0 Å². The first-order valence-corrected chi connectivity index (χ1v) is 5.61. The van der Waals surface area contributed by atoms with Gasteiger partial charge in [0.25, 0.3) is 0 Å². The lowest BCUT2D eigenvalue weighted by molar-refractivity contribution is 0.0145. The molecule has 1 aromatic rings. The largest absolute Gasteiger partial charge is 0.371 e. The van der Waals surface area contributed by atoms with Gasteiger partial charge in [0.2, 0.25) is 0 Å². The lowest BCUT2D eigenvalue weighted by atomic mass is 10.1. The molecule has 0 N–H and O–H groups in total. The van der Waals surface area contributed by atoms with Crippen molar-refractivity contribution in [3.8, 4) is 0 Å². The van der Waals surface area contributed by atoms with Gasteiger partial charge >= 0.3 is 0 Å². The molecular weight excluding hydrogens is 188 g/mol. The van der Waals surface area contributed by atoms with Crippen molar-refractivity contribution < 1.29 is 9.47 Å². The van der Waals surface area contributed by atoms with Gasteiger partial charge in [0.15, 0.2) is 0 Å². The Bertz CT molecular complexity index is 349. The Hall–Kier alpha value is -0.860. The second-order valence-corrected chi connectivity index (χ2v) is 4.72. The van der Waals surface area contributed by atoms with Crippen molar-refractivity contribution in [2.24, 2.45) is 0 Å². The van der Waals surface area contributed by atoms with Crippen molar-refractivity contribution in [3.63, 3.8) is 0 Å². The summed E-state index contributed by atoms with van der Waals surface area (Å²) in [6.07, 6.45) is 2.97. The smallest absolute Gasteiger partial charge is 0.113 e. The fraction of sp³-hybridized carbons (Fsp3) is 0.538. The predicted molar refractivity (Wildman–Crippen MR) is 57.5 cm³/mol. The molecule has 0 radical (unpaired) electrons. The van der Waals surface area contributed by atoms with Gasteiger partial charge in [-0.1, -0.05) is 30.3 Å². The first-order valence-electron chi connectivity index (χ1n) is 5.61. The average molecular weight is 204 g/mol. The maximum Gasteiger partial charge on any atom is 0.113 e. The van der Waals surface area contributed by atoms with Crippen LogP contribution in [0.15, 0.2) is 30.3 Å². The molecule has 1 saturated carbocycles. The molecule has 0 amide bonds. The Morgan fingerprint density at radius 1 is 1.40 bits per heavy atom. The molecule has 0 bridgehead atoms. The van der Waals surface area contributed by atoms with Crippen LogP contribution in [0.4, 0.5) is 0 Å². The maximum absolute atomic E-state index is 5.88.